The van der Waals surface area contributed by atoms with Gasteiger partial charge in [0.15, 0.2) is 6.10 Å². The van der Waals surface area contributed by atoms with Gasteiger partial charge in [0.05, 0.1) is 10.5 Å². The lowest BCUT2D eigenvalue weighted by atomic mass is 10.1. The number of carbonyl (C=O) groups is 1. The number of nitrogens with zero attached hydrogens (tertiary/aromatic N) is 1. The van der Waals surface area contributed by atoms with Gasteiger partial charge in [-0.2, -0.15) is 0 Å². The Morgan fingerprint density at radius 1 is 1.56 bits per heavy atom. The molecule has 1 aromatic carbocycles. The summed E-state index contributed by atoms with van der Waals surface area (Å²) in [5.41, 5.74) is -0.956. The van der Waals surface area contributed by atoms with Crippen molar-refractivity contribution < 1.29 is 24.3 Å². The van der Waals surface area contributed by atoms with Crippen LogP contribution in [0.4, 0.5) is 10.1 Å². The Morgan fingerprint density at radius 3 is 2.69 bits per heavy atom. The lowest BCUT2D eigenvalue weighted by molar-refractivity contribution is -0.385. The first kappa shape index (κ1) is 12.1. The molecular weight excluding hydrogens is 221 g/mol. The van der Waals surface area contributed by atoms with Crippen molar-refractivity contribution in [1.82, 2.24) is 0 Å². The highest BCUT2D eigenvalue weighted by molar-refractivity contribution is 5.72. The molecule has 0 fully saturated rings. The Bertz CT molecular complexity index is 434. The van der Waals surface area contributed by atoms with E-state index in [4.69, 9.17) is 10.2 Å². The van der Waals surface area contributed by atoms with Crippen LogP contribution in [0.15, 0.2) is 18.2 Å². The first-order valence-electron chi connectivity index (χ1n) is 4.26. The Kier molecular flexibility index (Phi) is 3.51. The normalized spacial score (nSPS) is 12.1. The molecule has 0 aliphatic rings. The fraction of sp³-hybridized carbons (Fsp3) is 0.222. The predicted octanol–water partition coefficient (Wildman–Crippen LogP) is 0.722. The largest absolute Gasteiger partial charge is 0.479 e. The Morgan fingerprint density at radius 2 is 2.19 bits per heavy atom. The molecule has 0 saturated heterocycles. The van der Waals surface area contributed by atoms with Crippen molar-refractivity contribution in [2.45, 2.75) is 12.5 Å². The van der Waals surface area contributed by atoms with Gasteiger partial charge in [0.2, 0.25) is 0 Å². The molecule has 7 heteroatoms. The van der Waals surface area contributed by atoms with E-state index in [1.54, 1.807) is 0 Å². The monoisotopic (exact) mass is 229 g/mol. The summed E-state index contributed by atoms with van der Waals surface area (Å²) >= 11 is 0. The molecule has 0 amide bonds. The highest BCUT2D eigenvalue weighted by Gasteiger charge is 2.23. The van der Waals surface area contributed by atoms with E-state index >= 15 is 0 Å². The third kappa shape index (κ3) is 2.51. The van der Waals surface area contributed by atoms with E-state index in [1.165, 1.54) is 0 Å². The molecule has 16 heavy (non-hydrogen) atoms. The number of aliphatic carboxylic acids is 1. The standard InChI is InChI=1S/C9H8FNO5/c10-6-2-1-3-7(11(15)16)5(6)4-8(12)9(13)14/h1-3,8,12H,4H2,(H,13,14). The smallest absolute Gasteiger partial charge is 0.332 e. The van der Waals surface area contributed by atoms with Crippen LogP contribution in [0.1, 0.15) is 5.56 Å². The van der Waals surface area contributed by atoms with Crippen molar-refractivity contribution >= 4 is 11.7 Å². The van der Waals surface area contributed by atoms with Crippen LogP contribution < -0.4 is 0 Å². The summed E-state index contributed by atoms with van der Waals surface area (Å²) in [7, 11) is 0. The number of aliphatic hydroxyl groups excluding tert-OH is 1. The predicted molar refractivity (Wildman–Crippen MR) is 50.4 cm³/mol. The summed E-state index contributed by atoms with van der Waals surface area (Å²) < 4.78 is 13.2. The summed E-state index contributed by atoms with van der Waals surface area (Å²) in [6.45, 7) is 0. The second-order valence-corrected chi connectivity index (χ2v) is 3.05. The highest BCUT2D eigenvalue weighted by atomic mass is 19.1. The van der Waals surface area contributed by atoms with Crippen LogP contribution in [0.2, 0.25) is 0 Å². The van der Waals surface area contributed by atoms with Crippen LogP contribution in [0.3, 0.4) is 0 Å². The van der Waals surface area contributed by atoms with E-state index in [2.05, 4.69) is 0 Å². The lowest BCUT2D eigenvalue weighted by Crippen LogP contribution is -2.23. The number of halogens is 1. The zero-order chi connectivity index (χ0) is 12.3. The van der Waals surface area contributed by atoms with Gasteiger partial charge in [0.1, 0.15) is 5.82 Å². The molecule has 0 saturated carbocycles. The molecule has 1 atom stereocenters. The van der Waals surface area contributed by atoms with Gasteiger partial charge in [-0.1, -0.05) is 6.07 Å². The zero-order valence-electron chi connectivity index (χ0n) is 7.96. The van der Waals surface area contributed by atoms with Gasteiger partial charge < -0.3 is 10.2 Å². The van der Waals surface area contributed by atoms with Crippen LogP contribution in [0.5, 0.6) is 0 Å². The van der Waals surface area contributed by atoms with E-state index in [-0.39, 0.29) is 0 Å². The summed E-state index contributed by atoms with van der Waals surface area (Å²) in [4.78, 5) is 20.1. The number of carboxylic acid groups (broad SMARTS) is 1. The fourth-order valence-electron chi connectivity index (χ4n) is 1.20. The number of nitro benzene ring substituents is 1. The number of carboxylic acids is 1. The van der Waals surface area contributed by atoms with Crippen LogP contribution in [0, 0.1) is 15.9 Å². The van der Waals surface area contributed by atoms with E-state index in [9.17, 15) is 19.3 Å². The second kappa shape index (κ2) is 4.67. The average Bonchev–Trinajstić information content (AvgIpc) is 2.20. The molecule has 0 radical (unpaired) electrons. The van der Waals surface area contributed by atoms with Gasteiger partial charge in [-0.25, -0.2) is 9.18 Å². The molecule has 86 valence electrons. The van der Waals surface area contributed by atoms with Crippen molar-refractivity contribution in [3.8, 4) is 0 Å². The number of hydrogen-bond acceptors (Lipinski definition) is 4. The summed E-state index contributed by atoms with van der Waals surface area (Å²) in [5.74, 6) is -2.47. The van der Waals surface area contributed by atoms with E-state index < -0.39 is 40.5 Å². The van der Waals surface area contributed by atoms with E-state index in [1.807, 2.05) is 0 Å². The van der Waals surface area contributed by atoms with Crippen LogP contribution in [-0.4, -0.2) is 27.2 Å². The maximum atomic E-state index is 13.2. The SMILES string of the molecule is O=C(O)C(O)Cc1c(F)cccc1[N+](=O)[O-]. The quantitative estimate of drug-likeness (QED) is 0.585. The molecule has 0 aliphatic heterocycles. The third-order valence-corrected chi connectivity index (χ3v) is 1.97. The van der Waals surface area contributed by atoms with Gasteiger partial charge in [-0.15, -0.1) is 0 Å². The maximum absolute atomic E-state index is 13.2. The Labute approximate surface area is 89.1 Å². The van der Waals surface area contributed by atoms with Crippen molar-refractivity contribution in [2.24, 2.45) is 0 Å². The first-order valence-corrected chi connectivity index (χ1v) is 4.26. The molecule has 1 unspecified atom stereocenters. The Balaban J connectivity index is 3.11. The second-order valence-electron chi connectivity index (χ2n) is 3.05. The molecule has 0 bridgehead atoms. The minimum absolute atomic E-state index is 0.414. The summed E-state index contributed by atoms with van der Waals surface area (Å²) in [6, 6.07) is 3.16. The first-order chi connectivity index (χ1) is 7.43. The van der Waals surface area contributed by atoms with Crippen molar-refractivity contribution in [3.63, 3.8) is 0 Å². The molecule has 2 N–H and O–H groups in total. The number of hydrogen-bond donors (Lipinski definition) is 2. The number of benzene rings is 1. The minimum Gasteiger partial charge on any atom is -0.479 e. The van der Waals surface area contributed by atoms with Crippen LogP contribution >= 0.6 is 0 Å². The number of aliphatic hydroxyl groups is 1. The van der Waals surface area contributed by atoms with E-state index in [0.717, 1.165) is 18.2 Å². The van der Waals surface area contributed by atoms with Crippen molar-refractivity contribution in [2.75, 3.05) is 0 Å². The molecule has 0 aliphatic carbocycles. The van der Waals surface area contributed by atoms with Gasteiger partial charge in [0.25, 0.3) is 5.69 Å². The molecular formula is C9H8FNO5. The van der Waals surface area contributed by atoms with Gasteiger partial charge in [0, 0.05) is 12.5 Å². The van der Waals surface area contributed by atoms with Gasteiger partial charge in [-0.05, 0) is 6.07 Å². The number of nitro groups is 1. The summed E-state index contributed by atoms with van der Waals surface area (Å²) in [6.07, 6.45) is -2.51. The zero-order valence-corrected chi connectivity index (χ0v) is 7.96. The average molecular weight is 229 g/mol. The molecule has 0 heterocycles. The number of rotatable bonds is 4. The van der Waals surface area contributed by atoms with Crippen molar-refractivity contribution in [3.05, 3.63) is 39.7 Å². The third-order valence-electron chi connectivity index (χ3n) is 1.97. The van der Waals surface area contributed by atoms with Gasteiger partial charge in [-0.3, -0.25) is 10.1 Å². The van der Waals surface area contributed by atoms with Crippen LogP contribution in [0.25, 0.3) is 0 Å². The summed E-state index contributed by atoms with van der Waals surface area (Å²) in [5, 5.41) is 28.0. The van der Waals surface area contributed by atoms with Crippen LogP contribution in [-0.2, 0) is 11.2 Å². The molecule has 0 spiro atoms. The molecule has 1 rings (SSSR count). The maximum Gasteiger partial charge on any atom is 0.332 e. The fourth-order valence-corrected chi connectivity index (χ4v) is 1.20. The molecule has 0 aromatic heterocycles. The highest BCUT2D eigenvalue weighted by Crippen LogP contribution is 2.22. The topological polar surface area (TPSA) is 101 Å². The molecule has 1 aromatic rings. The molecule has 6 nitrogen and oxygen atoms in total. The Hall–Kier alpha value is -2.02. The van der Waals surface area contributed by atoms with Gasteiger partial charge >= 0.3 is 5.97 Å². The van der Waals surface area contributed by atoms with E-state index in [0.29, 0.717) is 0 Å². The minimum atomic E-state index is -1.87. The van der Waals surface area contributed by atoms with Crippen molar-refractivity contribution in [1.29, 1.82) is 0 Å². The lowest BCUT2D eigenvalue weighted by Gasteiger charge is -2.06.